The van der Waals surface area contributed by atoms with E-state index in [9.17, 15) is 14.7 Å². The third-order valence-corrected chi connectivity index (χ3v) is 9.84. The van der Waals surface area contributed by atoms with Crippen LogP contribution in [0.3, 0.4) is 0 Å². The number of carboxylic acid groups (broad SMARTS) is 1. The molecule has 0 radical (unpaired) electrons. The van der Waals surface area contributed by atoms with Gasteiger partial charge in [-0.25, -0.2) is 0 Å². The van der Waals surface area contributed by atoms with Gasteiger partial charge < -0.3 is 14.7 Å². The topological polar surface area (TPSA) is 76.0 Å². The minimum absolute atomic E-state index is 0.000175. The minimum atomic E-state index is -1.23. The fourth-order valence-electron chi connectivity index (χ4n) is 8.50. The zero-order valence-electron chi connectivity index (χ0n) is 20.1. The number of aldehydes is 1. The minimum Gasteiger partial charge on any atom is -0.481 e. The number of carboxylic acids is 1. The van der Waals surface area contributed by atoms with Crippen molar-refractivity contribution in [2.24, 2.45) is 51.0 Å². The van der Waals surface area contributed by atoms with E-state index in [1.807, 2.05) is 37.4 Å². The third-order valence-electron chi connectivity index (χ3n) is 9.84. The molecule has 0 unspecified atom stereocenters. The molecule has 3 saturated carbocycles. The molecule has 7 atom stereocenters. The van der Waals surface area contributed by atoms with Crippen LogP contribution in [0.2, 0.25) is 0 Å². The highest BCUT2D eigenvalue weighted by molar-refractivity contribution is 5.96. The second-order valence-electron chi connectivity index (χ2n) is 11.3. The van der Waals surface area contributed by atoms with Crippen molar-refractivity contribution in [3.63, 3.8) is 0 Å². The first kappa shape index (κ1) is 22.4. The molecule has 1 aromatic carbocycles. The number of aliphatic carboxylic acids is 1. The van der Waals surface area contributed by atoms with Crippen LogP contribution < -0.4 is 0 Å². The maximum Gasteiger partial charge on any atom is 0.315 e. The van der Waals surface area contributed by atoms with Crippen LogP contribution >= 0.6 is 0 Å². The van der Waals surface area contributed by atoms with E-state index in [0.29, 0.717) is 24.9 Å². The maximum absolute atomic E-state index is 13.3. The fourth-order valence-corrected chi connectivity index (χ4v) is 8.50. The largest absolute Gasteiger partial charge is 0.481 e. The molecule has 5 heteroatoms. The summed E-state index contributed by atoms with van der Waals surface area (Å²) in [5, 5.41) is 15.4. The third kappa shape index (κ3) is 2.62. The van der Waals surface area contributed by atoms with Crippen molar-refractivity contribution in [2.45, 2.75) is 60.0 Å². The Hall–Kier alpha value is -2.43. The van der Waals surface area contributed by atoms with Crippen molar-refractivity contribution in [1.29, 1.82) is 0 Å². The highest BCUT2D eigenvalue weighted by atomic mass is 16.6. The predicted molar refractivity (Wildman–Crippen MR) is 126 cm³/mol. The number of hydrogen-bond donors (Lipinski definition) is 1. The molecule has 4 aliphatic carbocycles. The fraction of sp³-hybridized carbons (Fsp3) is 0.607. The first-order chi connectivity index (χ1) is 15.7. The van der Waals surface area contributed by atoms with Gasteiger partial charge in [-0.2, -0.15) is 0 Å². The smallest absolute Gasteiger partial charge is 0.315 e. The molecule has 5 nitrogen and oxygen atoms in total. The zero-order valence-corrected chi connectivity index (χ0v) is 20.1. The Bertz CT molecular complexity index is 1040. The molecular formula is C28H35NO4. The standard InChI is InChI=1S/C28H35NO4/c1-17(2)24-11-21-12-27(16-30)23-10-9-19(4)22(23)13-26(21,28(24,27)25(31)32)15-29-33-14-20-8-6-5-7-18(20)3/h5-8,11,15-17,19,21-23H,9-10,12-14H2,1-4H3,(H,31,32)/b29-15+/t19-,21+,22-,23-,26+,27+,28-/m1/s1. The number of oxime groups is 1. The summed E-state index contributed by atoms with van der Waals surface area (Å²) in [4.78, 5) is 32.1. The molecule has 5 rings (SSSR count). The normalized spacial score (nSPS) is 40.8. The first-order valence-corrected chi connectivity index (χ1v) is 12.4. The van der Waals surface area contributed by atoms with Crippen molar-refractivity contribution in [1.82, 2.24) is 0 Å². The zero-order chi connectivity index (χ0) is 23.6. The Labute approximate surface area is 196 Å². The molecule has 33 heavy (non-hydrogen) atoms. The Morgan fingerprint density at radius 3 is 2.67 bits per heavy atom. The Balaban J connectivity index is 1.59. The van der Waals surface area contributed by atoms with Crippen LogP contribution in [0.4, 0.5) is 0 Å². The summed E-state index contributed by atoms with van der Waals surface area (Å²) in [5.74, 6) is 0.152. The summed E-state index contributed by atoms with van der Waals surface area (Å²) >= 11 is 0. The van der Waals surface area contributed by atoms with Crippen LogP contribution in [0.1, 0.15) is 57.6 Å². The van der Waals surface area contributed by atoms with Gasteiger partial charge in [-0.05, 0) is 66.9 Å². The van der Waals surface area contributed by atoms with E-state index in [0.717, 1.165) is 42.2 Å². The van der Waals surface area contributed by atoms with Gasteiger partial charge in [-0.3, -0.25) is 4.79 Å². The van der Waals surface area contributed by atoms with E-state index in [2.05, 4.69) is 32.0 Å². The van der Waals surface area contributed by atoms with Gasteiger partial charge in [-0.1, -0.05) is 68.3 Å². The van der Waals surface area contributed by atoms with E-state index in [4.69, 9.17) is 4.84 Å². The molecule has 176 valence electrons. The molecule has 1 N–H and O–H groups in total. The molecule has 4 bridgehead atoms. The van der Waals surface area contributed by atoms with Crippen molar-refractivity contribution < 1.29 is 19.5 Å². The second kappa shape index (κ2) is 7.54. The molecular weight excluding hydrogens is 414 g/mol. The van der Waals surface area contributed by atoms with E-state index < -0.39 is 22.2 Å². The van der Waals surface area contributed by atoms with Gasteiger partial charge >= 0.3 is 5.97 Å². The van der Waals surface area contributed by atoms with Gasteiger partial charge in [-0.15, -0.1) is 0 Å². The Morgan fingerprint density at radius 2 is 2.00 bits per heavy atom. The number of carbonyl (C=O) groups excluding carboxylic acids is 1. The monoisotopic (exact) mass is 449 g/mol. The Morgan fingerprint density at radius 1 is 1.24 bits per heavy atom. The molecule has 0 saturated heterocycles. The number of carbonyl (C=O) groups is 2. The first-order valence-electron chi connectivity index (χ1n) is 12.4. The van der Waals surface area contributed by atoms with Gasteiger partial charge in [0, 0.05) is 5.41 Å². The quantitative estimate of drug-likeness (QED) is 0.261. The molecule has 0 aromatic heterocycles. The number of benzene rings is 1. The SMILES string of the molecule is Cc1ccccc1CO/N=C/[C@@]12C[C@@H]3[C@H](C)CC[C@H]3[C@@]3(C=O)C[C@@H]1C=C(C(C)C)[C@]32C(=O)O. The summed E-state index contributed by atoms with van der Waals surface area (Å²) in [6.45, 7) is 8.76. The van der Waals surface area contributed by atoms with E-state index in [-0.39, 0.29) is 17.8 Å². The van der Waals surface area contributed by atoms with Gasteiger partial charge in [0.2, 0.25) is 0 Å². The summed E-state index contributed by atoms with van der Waals surface area (Å²) < 4.78 is 0. The number of fused-ring (bicyclic) bond motifs is 2. The molecule has 0 amide bonds. The summed E-state index contributed by atoms with van der Waals surface area (Å²) in [6, 6.07) is 8.03. The average molecular weight is 450 g/mol. The second-order valence-corrected chi connectivity index (χ2v) is 11.3. The van der Waals surface area contributed by atoms with E-state index in [1.54, 1.807) is 0 Å². The highest BCUT2D eigenvalue weighted by Gasteiger charge is 2.84. The van der Waals surface area contributed by atoms with Gasteiger partial charge in [0.05, 0.1) is 11.6 Å². The maximum atomic E-state index is 13.3. The lowest BCUT2D eigenvalue weighted by molar-refractivity contribution is -0.173. The summed E-state index contributed by atoms with van der Waals surface area (Å²) in [7, 11) is 0. The van der Waals surface area contributed by atoms with Crippen LogP contribution in [-0.2, 0) is 21.0 Å². The number of aryl methyl sites for hydroxylation is 1. The van der Waals surface area contributed by atoms with Crippen molar-refractivity contribution in [2.75, 3.05) is 0 Å². The highest BCUT2D eigenvalue weighted by Crippen LogP contribution is 2.82. The van der Waals surface area contributed by atoms with E-state index >= 15 is 0 Å². The number of nitrogens with zero attached hydrogens (tertiary/aromatic N) is 1. The lowest BCUT2D eigenvalue weighted by Crippen LogP contribution is -2.63. The molecule has 0 heterocycles. The number of hydrogen-bond acceptors (Lipinski definition) is 4. The van der Waals surface area contributed by atoms with Crippen molar-refractivity contribution >= 4 is 18.5 Å². The van der Waals surface area contributed by atoms with E-state index in [1.165, 1.54) is 0 Å². The van der Waals surface area contributed by atoms with Gasteiger partial charge in [0.25, 0.3) is 0 Å². The van der Waals surface area contributed by atoms with Crippen LogP contribution in [0.5, 0.6) is 0 Å². The number of rotatable bonds is 7. The van der Waals surface area contributed by atoms with Crippen molar-refractivity contribution in [3.8, 4) is 0 Å². The summed E-state index contributed by atoms with van der Waals surface area (Å²) in [6.07, 6.45) is 8.40. The molecule has 3 fully saturated rings. The number of allylic oxidation sites excluding steroid dienone is 1. The molecule has 4 aliphatic rings. The molecule has 0 spiro atoms. The van der Waals surface area contributed by atoms with Gasteiger partial charge in [0.1, 0.15) is 18.3 Å². The van der Waals surface area contributed by atoms with Crippen LogP contribution in [0.15, 0.2) is 41.1 Å². The van der Waals surface area contributed by atoms with Gasteiger partial charge in [0.15, 0.2) is 0 Å². The van der Waals surface area contributed by atoms with Crippen molar-refractivity contribution in [3.05, 3.63) is 47.0 Å². The summed E-state index contributed by atoms with van der Waals surface area (Å²) in [5.41, 5.74) is 0.296. The average Bonchev–Trinajstić information content (AvgIpc) is 3.35. The Kier molecular flexibility index (Phi) is 5.11. The van der Waals surface area contributed by atoms with Crippen LogP contribution in [-0.4, -0.2) is 23.6 Å². The lowest BCUT2D eigenvalue weighted by atomic mass is 9.43. The lowest BCUT2D eigenvalue weighted by Gasteiger charge is -2.57. The van der Waals surface area contributed by atoms with Crippen LogP contribution in [0, 0.1) is 52.8 Å². The predicted octanol–water partition coefficient (Wildman–Crippen LogP) is 5.42. The molecule has 0 aliphatic heterocycles. The molecule has 1 aromatic rings. The van der Waals surface area contributed by atoms with Crippen LogP contribution in [0.25, 0.3) is 0 Å².